The van der Waals surface area contributed by atoms with Gasteiger partial charge in [-0.2, -0.15) is 0 Å². The monoisotopic (exact) mass is 219 g/mol. The summed E-state index contributed by atoms with van der Waals surface area (Å²) in [7, 11) is 3.86. The molecule has 0 radical (unpaired) electrons. The molecule has 0 saturated heterocycles. The van der Waals surface area contributed by atoms with Crippen molar-refractivity contribution in [1.82, 2.24) is 9.38 Å². The van der Waals surface area contributed by atoms with Gasteiger partial charge < -0.3 is 9.88 Å². The fourth-order valence-electron chi connectivity index (χ4n) is 1.97. The molecule has 0 spiro atoms. The van der Waals surface area contributed by atoms with Gasteiger partial charge in [-0.05, 0) is 31.9 Å². The van der Waals surface area contributed by atoms with Crippen molar-refractivity contribution >= 4 is 11.5 Å². The highest BCUT2D eigenvalue weighted by atomic mass is 16.1. The second kappa shape index (κ2) is 3.40. The Morgan fingerprint density at radius 2 is 1.81 bits per heavy atom. The zero-order chi connectivity index (χ0) is 12.0. The van der Waals surface area contributed by atoms with E-state index in [1.165, 1.54) is 0 Å². The molecule has 2 aromatic heterocycles. The first kappa shape index (κ1) is 10.8. The molecule has 0 unspecified atom stereocenters. The number of nitrogens with one attached hydrogen (secondary N) is 1. The molecule has 0 atom stereocenters. The summed E-state index contributed by atoms with van der Waals surface area (Å²) in [5.41, 5.74) is 3.93. The highest BCUT2D eigenvalue weighted by Gasteiger charge is 2.12. The van der Waals surface area contributed by atoms with Crippen LogP contribution < -0.4 is 10.5 Å². The average molecular weight is 219 g/mol. The number of H-pyrrole nitrogens is 1. The molecule has 4 heteroatoms. The van der Waals surface area contributed by atoms with E-state index in [-0.39, 0.29) is 5.56 Å². The molecule has 2 heterocycles. The maximum atomic E-state index is 12.1. The van der Waals surface area contributed by atoms with Gasteiger partial charge in [-0.15, -0.1) is 0 Å². The van der Waals surface area contributed by atoms with Gasteiger partial charge in [0, 0.05) is 20.3 Å². The first-order valence-corrected chi connectivity index (χ1v) is 5.32. The molecular weight excluding hydrogens is 202 g/mol. The lowest BCUT2D eigenvalue weighted by Crippen LogP contribution is -2.22. The van der Waals surface area contributed by atoms with Crippen molar-refractivity contribution in [3.8, 4) is 0 Å². The number of aromatic amines is 1. The predicted octanol–water partition coefficient (Wildman–Crippen LogP) is 1.62. The highest BCUT2D eigenvalue weighted by Crippen LogP contribution is 2.18. The zero-order valence-corrected chi connectivity index (χ0v) is 10.4. The lowest BCUT2D eigenvalue weighted by Gasteiger charge is -2.15. The molecule has 0 bridgehead atoms. The Balaban J connectivity index is 2.95. The fraction of sp³-hybridized carbons (Fsp3) is 0.417. The number of hydrogen-bond donors (Lipinski definition) is 1. The Labute approximate surface area is 94.5 Å². The summed E-state index contributed by atoms with van der Waals surface area (Å²) < 4.78 is 1.69. The minimum Gasteiger partial charge on any atom is -0.364 e. The quantitative estimate of drug-likeness (QED) is 0.791. The normalized spacial score (nSPS) is 11.1. The third-order valence-corrected chi connectivity index (χ3v) is 3.09. The zero-order valence-electron chi connectivity index (χ0n) is 10.4. The molecule has 2 aromatic rings. The van der Waals surface area contributed by atoms with Gasteiger partial charge in [0.05, 0.1) is 5.56 Å². The minimum absolute atomic E-state index is 0.0497. The Morgan fingerprint density at radius 1 is 1.19 bits per heavy atom. The largest absolute Gasteiger partial charge is 0.364 e. The van der Waals surface area contributed by atoms with Gasteiger partial charge in [0.15, 0.2) is 0 Å². The number of aromatic nitrogens is 2. The van der Waals surface area contributed by atoms with Crippen LogP contribution >= 0.6 is 0 Å². The van der Waals surface area contributed by atoms with Crippen molar-refractivity contribution in [2.75, 3.05) is 19.0 Å². The number of rotatable bonds is 1. The Kier molecular flexibility index (Phi) is 2.30. The number of anilines is 1. The summed E-state index contributed by atoms with van der Waals surface area (Å²) >= 11 is 0. The van der Waals surface area contributed by atoms with Gasteiger partial charge in [-0.25, -0.2) is 0 Å². The number of aryl methyl sites for hydroxylation is 2. The van der Waals surface area contributed by atoms with E-state index in [1.807, 2.05) is 46.0 Å². The van der Waals surface area contributed by atoms with Crippen molar-refractivity contribution < 1.29 is 0 Å². The summed E-state index contributed by atoms with van der Waals surface area (Å²) in [6.45, 7) is 5.88. The molecule has 0 fully saturated rings. The van der Waals surface area contributed by atoms with Crippen molar-refractivity contribution in [3.63, 3.8) is 0 Å². The van der Waals surface area contributed by atoms with E-state index in [9.17, 15) is 4.79 Å². The van der Waals surface area contributed by atoms with Crippen LogP contribution in [0.4, 0.5) is 5.82 Å². The van der Waals surface area contributed by atoms with E-state index in [0.717, 1.165) is 28.2 Å². The topological polar surface area (TPSA) is 40.5 Å². The number of nitrogens with zero attached hydrogens (tertiary/aromatic N) is 2. The van der Waals surface area contributed by atoms with E-state index in [4.69, 9.17) is 0 Å². The van der Waals surface area contributed by atoms with Crippen LogP contribution in [0.1, 0.15) is 16.7 Å². The van der Waals surface area contributed by atoms with Crippen LogP contribution in [0.2, 0.25) is 0 Å². The molecular formula is C12H17N3O. The van der Waals surface area contributed by atoms with Gasteiger partial charge in [0.1, 0.15) is 11.5 Å². The smallest absolute Gasteiger partial charge is 0.262 e. The maximum Gasteiger partial charge on any atom is 0.262 e. The van der Waals surface area contributed by atoms with Crippen molar-refractivity contribution in [2.45, 2.75) is 20.8 Å². The first-order valence-electron chi connectivity index (χ1n) is 5.32. The van der Waals surface area contributed by atoms with Crippen LogP contribution in [0.15, 0.2) is 11.0 Å². The van der Waals surface area contributed by atoms with E-state index < -0.39 is 0 Å². The van der Waals surface area contributed by atoms with Crippen LogP contribution in [0.5, 0.6) is 0 Å². The number of hydrogen-bond acceptors (Lipinski definition) is 2. The van der Waals surface area contributed by atoms with Gasteiger partial charge in [0.2, 0.25) is 0 Å². The summed E-state index contributed by atoms with van der Waals surface area (Å²) in [5, 5.41) is 0. The van der Waals surface area contributed by atoms with Gasteiger partial charge in [0.25, 0.3) is 5.56 Å². The van der Waals surface area contributed by atoms with Gasteiger partial charge in [-0.3, -0.25) is 9.20 Å². The number of fused-ring (bicyclic) bond motifs is 1. The molecule has 0 aliphatic rings. The van der Waals surface area contributed by atoms with Crippen LogP contribution in [-0.2, 0) is 0 Å². The molecule has 0 aliphatic heterocycles. The molecule has 2 rings (SSSR count). The van der Waals surface area contributed by atoms with Gasteiger partial charge >= 0.3 is 0 Å². The van der Waals surface area contributed by atoms with Crippen LogP contribution in [0.25, 0.3) is 5.65 Å². The Morgan fingerprint density at radius 3 is 2.38 bits per heavy atom. The van der Waals surface area contributed by atoms with Crippen LogP contribution in [-0.4, -0.2) is 23.5 Å². The maximum absolute atomic E-state index is 12.1. The summed E-state index contributed by atoms with van der Waals surface area (Å²) in [6.07, 6.45) is 1.88. The van der Waals surface area contributed by atoms with E-state index in [0.29, 0.717) is 0 Å². The predicted molar refractivity (Wildman–Crippen MR) is 66.6 cm³/mol. The molecule has 16 heavy (non-hydrogen) atoms. The highest BCUT2D eigenvalue weighted by molar-refractivity contribution is 5.58. The second-order valence-electron chi connectivity index (χ2n) is 4.45. The molecule has 1 N–H and O–H groups in total. The van der Waals surface area contributed by atoms with E-state index >= 15 is 0 Å². The van der Waals surface area contributed by atoms with Gasteiger partial charge in [-0.1, -0.05) is 0 Å². The molecule has 0 saturated carbocycles. The third kappa shape index (κ3) is 1.33. The summed E-state index contributed by atoms with van der Waals surface area (Å²) in [5.74, 6) is 0.874. The lowest BCUT2D eigenvalue weighted by atomic mass is 10.2. The Bertz CT molecular complexity index is 605. The van der Waals surface area contributed by atoms with Crippen LogP contribution in [0.3, 0.4) is 0 Å². The van der Waals surface area contributed by atoms with Crippen molar-refractivity contribution in [1.29, 1.82) is 0 Å². The minimum atomic E-state index is 0.0497. The standard InChI is InChI=1S/C12H17N3O/c1-7-6-15-11(8(7)2)13-10(14(4)5)9(3)12(15)16/h6,13H,1-5H3. The lowest BCUT2D eigenvalue weighted by molar-refractivity contribution is 0.980. The molecule has 0 aliphatic carbocycles. The summed E-state index contributed by atoms with van der Waals surface area (Å²) in [4.78, 5) is 17.4. The molecule has 4 nitrogen and oxygen atoms in total. The molecule has 0 aromatic carbocycles. The fourth-order valence-corrected chi connectivity index (χ4v) is 1.97. The van der Waals surface area contributed by atoms with Crippen molar-refractivity contribution in [2.24, 2.45) is 0 Å². The SMILES string of the molecule is Cc1cn2c(=O)c(C)c(N(C)C)[nH]c2c1C. The van der Waals surface area contributed by atoms with E-state index in [2.05, 4.69) is 4.98 Å². The third-order valence-electron chi connectivity index (χ3n) is 3.09. The molecule has 86 valence electrons. The Hall–Kier alpha value is -1.71. The van der Waals surface area contributed by atoms with Crippen molar-refractivity contribution in [3.05, 3.63) is 33.2 Å². The van der Waals surface area contributed by atoms with E-state index in [1.54, 1.807) is 4.40 Å². The average Bonchev–Trinajstić information content (AvgIpc) is 2.50. The second-order valence-corrected chi connectivity index (χ2v) is 4.45. The molecule has 0 amide bonds. The summed E-state index contributed by atoms with van der Waals surface area (Å²) in [6, 6.07) is 0. The van der Waals surface area contributed by atoms with Crippen LogP contribution in [0, 0.1) is 20.8 Å². The first-order chi connectivity index (χ1) is 7.43.